The largest absolute Gasteiger partial charge is 0.496 e. The monoisotopic (exact) mass is 253 g/mol. The van der Waals surface area contributed by atoms with Gasteiger partial charge in [-0.25, -0.2) is 0 Å². The smallest absolute Gasteiger partial charge is 0.289 e. The van der Waals surface area contributed by atoms with Crippen LogP contribution in [0.2, 0.25) is 0 Å². The second kappa shape index (κ2) is 5.98. The average Bonchev–Trinajstić information content (AvgIpc) is 2.37. The summed E-state index contributed by atoms with van der Waals surface area (Å²) in [4.78, 5) is 15.0. The molecule has 1 aromatic rings. The van der Waals surface area contributed by atoms with E-state index in [1.165, 1.54) is 27.4 Å². The van der Waals surface area contributed by atoms with Crippen molar-refractivity contribution in [3.63, 3.8) is 0 Å². The summed E-state index contributed by atoms with van der Waals surface area (Å²) in [5.41, 5.74) is 0.238. The summed E-state index contributed by atoms with van der Waals surface area (Å²) in [6.07, 6.45) is 0. The number of ether oxygens (including phenoxy) is 3. The van der Waals surface area contributed by atoms with Crippen LogP contribution in [-0.2, 0) is 0 Å². The van der Waals surface area contributed by atoms with Crippen molar-refractivity contribution in [1.82, 2.24) is 0 Å². The van der Waals surface area contributed by atoms with Crippen LogP contribution < -0.4 is 14.2 Å². The number of aliphatic imine (C=N–C) groups is 1. The van der Waals surface area contributed by atoms with E-state index >= 15 is 0 Å². The molecule has 0 saturated heterocycles. The summed E-state index contributed by atoms with van der Waals surface area (Å²) in [6, 6.07) is 3.03. The highest BCUT2D eigenvalue weighted by atomic mass is 32.1. The second-order valence-electron chi connectivity index (χ2n) is 2.92. The summed E-state index contributed by atoms with van der Waals surface area (Å²) in [5.74, 6) is 0.669. The highest BCUT2D eigenvalue weighted by molar-refractivity contribution is 7.78. The van der Waals surface area contributed by atoms with Crippen LogP contribution in [0.1, 0.15) is 10.4 Å². The summed E-state index contributed by atoms with van der Waals surface area (Å²) in [6.45, 7) is 0. The summed E-state index contributed by atoms with van der Waals surface area (Å²) in [5, 5.41) is 2.01. The minimum atomic E-state index is -0.544. The van der Waals surface area contributed by atoms with Gasteiger partial charge < -0.3 is 14.2 Å². The number of amides is 1. The van der Waals surface area contributed by atoms with E-state index < -0.39 is 5.91 Å². The molecular weight excluding hydrogens is 242 g/mol. The quantitative estimate of drug-likeness (QED) is 0.606. The van der Waals surface area contributed by atoms with Crippen molar-refractivity contribution in [2.24, 2.45) is 4.99 Å². The highest BCUT2D eigenvalue weighted by Crippen LogP contribution is 2.34. The zero-order valence-corrected chi connectivity index (χ0v) is 10.5. The van der Waals surface area contributed by atoms with E-state index in [9.17, 15) is 4.79 Å². The van der Waals surface area contributed by atoms with Crippen LogP contribution in [0.5, 0.6) is 17.2 Å². The molecule has 0 aromatic heterocycles. The Balaban J connectivity index is 3.37. The molecule has 0 atom stereocenters. The Bertz CT molecular complexity index is 481. The molecule has 90 valence electrons. The number of carbonyl (C=O) groups is 1. The summed E-state index contributed by atoms with van der Waals surface area (Å²) in [7, 11) is 4.41. The van der Waals surface area contributed by atoms with Crippen molar-refractivity contribution in [1.29, 1.82) is 0 Å². The molecule has 0 heterocycles. The zero-order valence-electron chi connectivity index (χ0n) is 9.64. The van der Waals surface area contributed by atoms with Crippen LogP contribution in [0.15, 0.2) is 17.1 Å². The normalized spacial score (nSPS) is 9.12. The third-order valence-corrected chi connectivity index (χ3v) is 2.17. The summed E-state index contributed by atoms with van der Waals surface area (Å²) >= 11 is 4.38. The Morgan fingerprint density at radius 1 is 1.12 bits per heavy atom. The first-order chi connectivity index (χ1) is 8.17. The molecule has 6 heteroatoms. The fraction of sp³-hybridized carbons (Fsp3) is 0.273. The van der Waals surface area contributed by atoms with Gasteiger partial charge >= 0.3 is 0 Å². The zero-order chi connectivity index (χ0) is 12.8. The van der Waals surface area contributed by atoms with Gasteiger partial charge in [-0.15, -0.1) is 0 Å². The van der Waals surface area contributed by atoms with Crippen molar-refractivity contribution in [3.8, 4) is 17.2 Å². The van der Waals surface area contributed by atoms with E-state index in [1.54, 1.807) is 6.07 Å². The number of benzene rings is 1. The number of thiocarbonyl (C=S) groups is 1. The molecule has 1 amide bonds. The van der Waals surface area contributed by atoms with Gasteiger partial charge in [0.1, 0.15) is 5.75 Å². The van der Waals surface area contributed by atoms with Gasteiger partial charge in [-0.3, -0.25) is 4.79 Å². The van der Waals surface area contributed by atoms with E-state index in [0.717, 1.165) is 0 Å². The van der Waals surface area contributed by atoms with Crippen LogP contribution in [0.3, 0.4) is 0 Å². The predicted octanol–water partition coefficient (Wildman–Crippen LogP) is 1.96. The van der Waals surface area contributed by atoms with E-state index in [0.29, 0.717) is 17.2 Å². The fourth-order valence-corrected chi connectivity index (χ4v) is 1.38. The van der Waals surface area contributed by atoms with E-state index in [-0.39, 0.29) is 5.56 Å². The van der Waals surface area contributed by atoms with Gasteiger partial charge in [-0.1, -0.05) is 0 Å². The maximum absolute atomic E-state index is 11.6. The molecule has 0 saturated carbocycles. The van der Waals surface area contributed by atoms with Crippen LogP contribution in [0, 0.1) is 0 Å². The van der Waals surface area contributed by atoms with Crippen LogP contribution in [0.4, 0.5) is 0 Å². The first kappa shape index (κ1) is 13.2. The van der Waals surface area contributed by atoms with Crippen molar-refractivity contribution in [3.05, 3.63) is 17.7 Å². The second-order valence-corrected chi connectivity index (χ2v) is 3.10. The molecule has 17 heavy (non-hydrogen) atoms. The fourth-order valence-electron chi connectivity index (χ4n) is 1.30. The molecule has 0 bridgehead atoms. The number of nitrogens with zero attached hydrogens (tertiary/aromatic N) is 1. The number of isothiocyanates is 1. The Kier molecular flexibility index (Phi) is 4.63. The number of methoxy groups -OCH3 is 3. The topological polar surface area (TPSA) is 57.1 Å². The molecule has 5 nitrogen and oxygen atoms in total. The maximum Gasteiger partial charge on any atom is 0.289 e. The molecule has 0 spiro atoms. The van der Waals surface area contributed by atoms with Crippen molar-refractivity contribution >= 4 is 23.3 Å². The van der Waals surface area contributed by atoms with E-state index in [4.69, 9.17) is 14.2 Å². The molecule has 1 rings (SSSR count). The third kappa shape index (κ3) is 2.81. The van der Waals surface area contributed by atoms with E-state index in [1.807, 2.05) is 5.16 Å². The first-order valence-electron chi connectivity index (χ1n) is 4.60. The molecule has 0 radical (unpaired) electrons. The third-order valence-electron chi connectivity index (χ3n) is 2.08. The van der Waals surface area contributed by atoms with Crippen LogP contribution in [0.25, 0.3) is 0 Å². The van der Waals surface area contributed by atoms with Gasteiger partial charge in [-0.2, -0.15) is 4.99 Å². The van der Waals surface area contributed by atoms with Gasteiger partial charge in [0.05, 0.1) is 32.1 Å². The lowest BCUT2D eigenvalue weighted by Gasteiger charge is -2.11. The Morgan fingerprint density at radius 3 is 2.12 bits per heavy atom. The maximum atomic E-state index is 11.6. The van der Waals surface area contributed by atoms with Gasteiger partial charge in [-0.05, 0) is 12.2 Å². The molecule has 0 aliphatic carbocycles. The summed E-state index contributed by atoms with van der Waals surface area (Å²) < 4.78 is 15.3. The Morgan fingerprint density at radius 2 is 1.65 bits per heavy atom. The lowest BCUT2D eigenvalue weighted by Crippen LogP contribution is -2.01. The molecule has 0 aliphatic rings. The highest BCUT2D eigenvalue weighted by Gasteiger charge is 2.16. The van der Waals surface area contributed by atoms with Gasteiger partial charge in [0.2, 0.25) is 0 Å². The molecule has 0 fully saturated rings. The van der Waals surface area contributed by atoms with Crippen LogP contribution >= 0.6 is 12.2 Å². The van der Waals surface area contributed by atoms with Gasteiger partial charge in [0, 0.05) is 12.1 Å². The van der Waals surface area contributed by atoms with Crippen molar-refractivity contribution < 1.29 is 19.0 Å². The van der Waals surface area contributed by atoms with Crippen molar-refractivity contribution in [2.75, 3.05) is 21.3 Å². The molecule has 1 aromatic carbocycles. The number of rotatable bonds is 4. The van der Waals surface area contributed by atoms with Crippen molar-refractivity contribution in [2.45, 2.75) is 0 Å². The SMILES string of the molecule is COc1cc(OC)c(C(=O)N=C=S)cc1OC. The minimum Gasteiger partial charge on any atom is -0.496 e. The number of hydrogen-bond acceptors (Lipinski definition) is 5. The number of carbonyl (C=O) groups excluding carboxylic acids is 1. The average molecular weight is 253 g/mol. The van der Waals surface area contributed by atoms with Crippen LogP contribution in [-0.4, -0.2) is 32.4 Å². The minimum absolute atomic E-state index is 0.238. The lowest BCUT2D eigenvalue weighted by molar-refractivity contribution is 0.100. The van der Waals surface area contributed by atoms with Gasteiger partial charge in [0.25, 0.3) is 5.91 Å². The molecule has 0 aliphatic heterocycles. The molecule has 0 N–H and O–H groups in total. The number of hydrogen-bond donors (Lipinski definition) is 0. The molecular formula is C11H11NO4S. The predicted molar refractivity (Wildman–Crippen MR) is 65.5 cm³/mol. The molecule has 0 unspecified atom stereocenters. The Hall–Kier alpha value is -1.91. The first-order valence-corrected chi connectivity index (χ1v) is 5.01. The van der Waals surface area contributed by atoms with E-state index in [2.05, 4.69) is 17.2 Å². The lowest BCUT2D eigenvalue weighted by atomic mass is 10.1. The Labute approximate surface area is 104 Å². The standard InChI is InChI=1S/C11H11NO4S/c1-14-8-5-10(16-3)9(15-2)4-7(8)11(13)12-6-17/h4-5H,1-3H3. The van der Waals surface area contributed by atoms with Gasteiger partial charge in [0.15, 0.2) is 11.5 Å².